The van der Waals surface area contributed by atoms with Crippen LogP contribution in [-0.2, 0) is 22.4 Å². The van der Waals surface area contributed by atoms with Gasteiger partial charge in [0, 0.05) is 23.0 Å². The average Bonchev–Trinajstić information content (AvgIpc) is 3.08. The van der Waals surface area contributed by atoms with Gasteiger partial charge in [-0.3, -0.25) is 9.59 Å². The zero-order chi connectivity index (χ0) is 32.5. The molecule has 0 radical (unpaired) electrons. The summed E-state index contributed by atoms with van der Waals surface area (Å²) in [7, 11) is 6.21. The third-order valence-corrected chi connectivity index (χ3v) is 8.09. The lowest BCUT2D eigenvalue weighted by Gasteiger charge is -2.28. The Morgan fingerprint density at radius 2 is 1.09 bits per heavy atom. The van der Waals surface area contributed by atoms with Gasteiger partial charge in [0.25, 0.3) is 0 Å². The van der Waals surface area contributed by atoms with E-state index < -0.39 is 0 Å². The van der Waals surface area contributed by atoms with Crippen molar-refractivity contribution in [3.63, 3.8) is 0 Å². The quantitative estimate of drug-likeness (QED) is 0.218. The zero-order valence-electron chi connectivity index (χ0n) is 26.4. The molecule has 1 aliphatic carbocycles. The average molecular weight is 627 g/mol. The molecule has 2 aromatic carbocycles. The normalized spacial score (nSPS) is 15.8. The van der Waals surface area contributed by atoms with E-state index in [4.69, 9.17) is 18.9 Å². The Morgan fingerprint density at radius 3 is 1.46 bits per heavy atom. The van der Waals surface area contributed by atoms with Crippen LogP contribution in [0.5, 0.6) is 23.0 Å². The minimum atomic E-state index is -0.232. The topological polar surface area (TPSA) is 147 Å². The molecule has 0 bridgehead atoms. The molecular weight excluding hydrogens is 588 g/mol. The molecule has 2 N–H and O–H groups in total. The van der Waals surface area contributed by atoms with Crippen LogP contribution >= 0.6 is 0 Å². The number of anilines is 2. The number of para-hydroxylation sites is 2. The number of rotatable bonds is 12. The fourth-order valence-electron chi connectivity index (χ4n) is 5.89. The predicted molar refractivity (Wildman–Crippen MR) is 172 cm³/mol. The van der Waals surface area contributed by atoms with Crippen LogP contribution in [0.15, 0.2) is 60.7 Å². The van der Waals surface area contributed by atoms with E-state index in [-0.39, 0.29) is 36.5 Å². The van der Waals surface area contributed by atoms with E-state index in [1.165, 1.54) is 0 Å². The molecule has 12 nitrogen and oxygen atoms in total. The van der Waals surface area contributed by atoms with Crippen LogP contribution in [0, 0.1) is 0 Å². The third-order valence-electron chi connectivity index (χ3n) is 8.09. The number of nitrogens with one attached hydrogen (secondary N) is 2. The molecule has 5 rings (SSSR count). The number of benzene rings is 2. The van der Waals surface area contributed by atoms with Crippen LogP contribution in [0.4, 0.5) is 11.6 Å². The Balaban J connectivity index is 1.15. The first-order valence-electron chi connectivity index (χ1n) is 15.1. The molecule has 2 heterocycles. The highest BCUT2D eigenvalue weighted by Crippen LogP contribution is 2.40. The van der Waals surface area contributed by atoms with Gasteiger partial charge in [-0.05, 0) is 55.7 Å². The highest BCUT2D eigenvalue weighted by molar-refractivity contribution is 5.92. The number of carbonyl (C=O) groups excluding carboxylic acids is 2. The molecule has 240 valence electrons. The van der Waals surface area contributed by atoms with Gasteiger partial charge in [-0.25, -0.2) is 0 Å². The third kappa shape index (κ3) is 7.68. The Bertz CT molecular complexity index is 1530. The summed E-state index contributed by atoms with van der Waals surface area (Å²) in [6.07, 6.45) is 4.05. The van der Waals surface area contributed by atoms with E-state index in [1.807, 2.05) is 36.4 Å². The summed E-state index contributed by atoms with van der Waals surface area (Å²) in [6.45, 7) is 0. The van der Waals surface area contributed by atoms with E-state index in [1.54, 1.807) is 52.7 Å². The maximum atomic E-state index is 12.7. The Kier molecular flexibility index (Phi) is 10.6. The number of nitrogens with zero attached hydrogens (tertiary/aromatic N) is 4. The molecule has 2 aromatic heterocycles. The Hall–Kier alpha value is -5.26. The molecule has 1 saturated carbocycles. The van der Waals surface area contributed by atoms with Gasteiger partial charge in [-0.2, -0.15) is 10.2 Å². The summed E-state index contributed by atoms with van der Waals surface area (Å²) in [5.41, 5.74) is 3.18. The fourth-order valence-corrected chi connectivity index (χ4v) is 5.89. The van der Waals surface area contributed by atoms with Gasteiger partial charge in [0.05, 0.1) is 52.7 Å². The van der Waals surface area contributed by atoms with Gasteiger partial charge in [0.1, 0.15) is 0 Å². The lowest BCUT2D eigenvalue weighted by atomic mass is 9.78. The lowest BCUT2D eigenvalue weighted by molar-refractivity contribution is -0.116. The van der Waals surface area contributed by atoms with E-state index in [2.05, 4.69) is 31.0 Å². The predicted octanol–water partition coefficient (Wildman–Crippen LogP) is 5.10. The summed E-state index contributed by atoms with van der Waals surface area (Å²) < 4.78 is 21.5. The largest absolute Gasteiger partial charge is 0.493 e. The highest BCUT2D eigenvalue weighted by Gasteiger charge is 2.27. The molecule has 0 unspecified atom stereocenters. The standard InChI is InChI=1S/C34H38N6O6/c1-43-27-12-6-10-23(33(27)45-3)19-31(41)35-29-16-14-25(37-39-29)21-8-5-9-22(18-21)26-15-17-30(40-38-26)36-32(42)20-24-11-7-13-28(44-2)34(24)46-4/h6-7,10-17,21-22H,5,8-9,18-20H2,1-4H3,(H,35,39,41)(H,36,40,42)/t21-,22-/m0/s1. The molecule has 0 aliphatic heterocycles. The molecule has 0 spiro atoms. The molecule has 0 saturated heterocycles. The van der Waals surface area contributed by atoms with Gasteiger partial charge in [-0.15, -0.1) is 10.2 Å². The van der Waals surface area contributed by atoms with Crippen molar-refractivity contribution in [2.24, 2.45) is 0 Å². The molecule has 2 atom stereocenters. The summed E-state index contributed by atoms with van der Waals surface area (Å²) in [5, 5.41) is 23.1. The van der Waals surface area contributed by atoms with Gasteiger partial charge in [-0.1, -0.05) is 30.7 Å². The minimum absolute atomic E-state index is 0.106. The summed E-state index contributed by atoms with van der Waals surface area (Å²) in [4.78, 5) is 25.5. The lowest BCUT2D eigenvalue weighted by Crippen LogP contribution is -2.19. The summed E-state index contributed by atoms with van der Waals surface area (Å²) >= 11 is 0. The molecule has 4 aromatic rings. The van der Waals surface area contributed by atoms with Crippen molar-refractivity contribution >= 4 is 23.5 Å². The van der Waals surface area contributed by atoms with Crippen LogP contribution < -0.4 is 29.6 Å². The van der Waals surface area contributed by atoms with Crippen LogP contribution in [-0.4, -0.2) is 60.6 Å². The van der Waals surface area contributed by atoms with E-state index >= 15 is 0 Å². The molecule has 1 aliphatic rings. The molecule has 12 heteroatoms. The number of methoxy groups -OCH3 is 4. The van der Waals surface area contributed by atoms with Crippen LogP contribution in [0.2, 0.25) is 0 Å². The van der Waals surface area contributed by atoms with Crippen LogP contribution in [0.25, 0.3) is 0 Å². The van der Waals surface area contributed by atoms with Crippen molar-refractivity contribution in [2.75, 3.05) is 39.1 Å². The second-order valence-electron chi connectivity index (χ2n) is 11.0. The fraction of sp³-hybridized carbons (Fsp3) is 0.353. The van der Waals surface area contributed by atoms with E-state index in [0.29, 0.717) is 45.8 Å². The van der Waals surface area contributed by atoms with Gasteiger partial charge in [0.2, 0.25) is 11.8 Å². The van der Waals surface area contributed by atoms with Gasteiger partial charge < -0.3 is 29.6 Å². The number of amides is 2. The van der Waals surface area contributed by atoms with Crippen molar-refractivity contribution in [1.82, 2.24) is 20.4 Å². The highest BCUT2D eigenvalue weighted by atomic mass is 16.5. The van der Waals surface area contributed by atoms with E-state index in [0.717, 1.165) is 37.1 Å². The molecule has 46 heavy (non-hydrogen) atoms. The first-order valence-corrected chi connectivity index (χ1v) is 15.1. The van der Waals surface area contributed by atoms with E-state index in [9.17, 15) is 9.59 Å². The maximum absolute atomic E-state index is 12.7. The van der Waals surface area contributed by atoms with Crippen molar-refractivity contribution in [1.29, 1.82) is 0 Å². The smallest absolute Gasteiger partial charge is 0.230 e. The molecular formula is C34H38N6O6. The van der Waals surface area contributed by atoms with Gasteiger partial charge >= 0.3 is 0 Å². The van der Waals surface area contributed by atoms with Crippen molar-refractivity contribution in [2.45, 2.75) is 50.4 Å². The SMILES string of the molecule is COc1cccc(CC(=O)Nc2ccc([C@H]3CCC[C@H](c4ccc(NC(=O)Cc5cccc(OC)c5OC)nn4)C3)nn2)c1OC. The summed E-state index contributed by atoms with van der Waals surface area (Å²) in [5.74, 6) is 2.91. The number of ether oxygens (including phenoxy) is 4. The Morgan fingerprint density at radius 1 is 0.630 bits per heavy atom. The number of aromatic nitrogens is 4. The number of hydrogen-bond donors (Lipinski definition) is 2. The van der Waals surface area contributed by atoms with Gasteiger partial charge in [0.15, 0.2) is 34.6 Å². The minimum Gasteiger partial charge on any atom is -0.493 e. The van der Waals surface area contributed by atoms with Crippen LogP contribution in [0.3, 0.4) is 0 Å². The zero-order valence-corrected chi connectivity index (χ0v) is 26.4. The Labute approximate surface area is 267 Å². The number of hydrogen-bond acceptors (Lipinski definition) is 10. The first-order chi connectivity index (χ1) is 22.4. The molecule has 2 amide bonds. The first kappa shape index (κ1) is 32.1. The van der Waals surface area contributed by atoms with Crippen molar-refractivity contribution in [3.8, 4) is 23.0 Å². The maximum Gasteiger partial charge on any atom is 0.230 e. The van der Waals surface area contributed by atoms with Crippen LogP contribution in [0.1, 0.15) is 60.0 Å². The second-order valence-corrected chi connectivity index (χ2v) is 11.0. The second kappa shape index (κ2) is 15.2. The summed E-state index contributed by atoms with van der Waals surface area (Å²) in [6, 6.07) is 18.3. The van der Waals surface area contributed by atoms with Crippen molar-refractivity contribution in [3.05, 3.63) is 83.2 Å². The monoisotopic (exact) mass is 626 g/mol. The number of carbonyl (C=O) groups is 2. The molecule has 1 fully saturated rings. The van der Waals surface area contributed by atoms with Crippen molar-refractivity contribution < 1.29 is 28.5 Å².